The number of hydrogen-bond acceptors (Lipinski definition) is 3. The molecule has 1 rings (SSSR count). The Bertz CT molecular complexity index is 171. The lowest BCUT2D eigenvalue weighted by atomic mass is 10.00. The zero-order valence-electron chi connectivity index (χ0n) is 9.55. The van der Waals surface area contributed by atoms with E-state index >= 15 is 0 Å². The van der Waals surface area contributed by atoms with E-state index in [1.165, 1.54) is 12.8 Å². The van der Waals surface area contributed by atoms with Crippen molar-refractivity contribution in [3.63, 3.8) is 0 Å². The van der Waals surface area contributed by atoms with E-state index in [9.17, 15) is 5.11 Å². The van der Waals surface area contributed by atoms with Gasteiger partial charge in [0.1, 0.15) is 0 Å². The maximum atomic E-state index is 9.35. The van der Waals surface area contributed by atoms with Crippen LogP contribution in [0.25, 0.3) is 0 Å². The molecule has 1 saturated carbocycles. The van der Waals surface area contributed by atoms with Gasteiger partial charge in [-0.05, 0) is 32.7 Å². The van der Waals surface area contributed by atoms with Crippen molar-refractivity contribution in [2.45, 2.75) is 55.6 Å². The van der Waals surface area contributed by atoms with Crippen molar-refractivity contribution in [3.8, 4) is 0 Å². The third kappa shape index (κ3) is 2.88. The first kappa shape index (κ1) is 12.3. The topological polar surface area (TPSA) is 32.3 Å². The van der Waals surface area contributed by atoms with Crippen LogP contribution in [0, 0.1) is 0 Å². The highest BCUT2D eigenvalue weighted by Crippen LogP contribution is 2.38. The van der Waals surface area contributed by atoms with Crippen LogP contribution in [0.2, 0.25) is 0 Å². The molecule has 3 heteroatoms. The summed E-state index contributed by atoms with van der Waals surface area (Å²) in [7, 11) is 1.96. The fraction of sp³-hybridized carbons (Fsp3) is 1.00. The summed E-state index contributed by atoms with van der Waals surface area (Å²) in [6.07, 6.45) is 4.73. The van der Waals surface area contributed by atoms with Gasteiger partial charge in [0.25, 0.3) is 0 Å². The molecule has 0 radical (unpaired) electrons. The molecule has 3 unspecified atom stereocenters. The van der Waals surface area contributed by atoms with Crippen LogP contribution in [0.15, 0.2) is 0 Å². The Morgan fingerprint density at radius 2 is 2.36 bits per heavy atom. The van der Waals surface area contributed by atoms with Crippen molar-refractivity contribution in [1.29, 1.82) is 0 Å². The number of hydrogen-bond donors (Lipinski definition) is 2. The van der Waals surface area contributed by atoms with Crippen molar-refractivity contribution in [2.24, 2.45) is 0 Å². The summed E-state index contributed by atoms with van der Waals surface area (Å²) in [5, 5.41) is 14.1. The number of thioether (sulfide) groups is 1. The zero-order chi connectivity index (χ0) is 10.6. The normalized spacial score (nSPS) is 34.7. The summed E-state index contributed by atoms with van der Waals surface area (Å²) in [6, 6.07) is 0. The minimum atomic E-state index is 0.0190. The Morgan fingerprint density at radius 1 is 1.64 bits per heavy atom. The summed E-state index contributed by atoms with van der Waals surface area (Å²) < 4.78 is 0. The molecule has 0 aromatic heterocycles. The highest BCUT2D eigenvalue weighted by molar-refractivity contribution is 8.00. The van der Waals surface area contributed by atoms with Gasteiger partial charge >= 0.3 is 0 Å². The van der Waals surface area contributed by atoms with E-state index in [4.69, 9.17) is 0 Å². The van der Waals surface area contributed by atoms with Gasteiger partial charge in [0, 0.05) is 16.0 Å². The second-order valence-corrected chi connectivity index (χ2v) is 6.15. The molecule has 14 heavy (non-hydrogen) atoms. The van der Waals surface area contributed by atoms with Crippen molar-refractivity contribution in [2.75, 3.05) is 13.7 Å². The van der Waals surface area contributed by atoms with Gasteiger partial charge in [0.2, 0.25) is 0 Å². The molecule has 0 bridgehead atoms. The summed E-state index contributed by atoms with van der Waals surface area (Å²) in [5.41, 5.74) is 0.0190. The summed E-state index contributed by atoms with van der Waals surface area (Å²) in [5.74, 6) is 0. The van der Waals surface area contributed by atoms with Gasteiger partial charge in [-0.1, -0.05) is 13.8 Å². The van der Waals surface area contributed by atoms with Crippen LogP contribution in [0.1, 0.15) is 39.5 Å². The minimum Gasteiger partial charge on any atom is -0.394 e. The molecule has 2 nitrogen and oxygen atoms in total. The molecule has 1 fully saturated rings. The molecule has 0 aromatic carbocycles. The molecule has 1 aliphatic rings. The van der Waals surface area contributed by atoms with Gasteiger partial charge in [-0.2, -0.15) is 11.8 Å². The minimum absolute atomic E-state index is 0.0190. The van der Waals surface area contributed by atoms with E-state index in [1.807, 2.05) is 7.05 Å². The Kier molecular flexibility index (Phi) is 4.74. The molecular weight excluding hydrogens is 194 g/mol. The predicted molar refractivity (Wildman–Crippen MR) is 63.9 cm³/mol. The van der Waals surface area contributed by atoms with E-state index in [2.05, 4.69) is 30.9 Å². The highest BCUT2D eigenvalue weighted by atomic mass is 32.2. The maximum Gasteiger partial charge on any atom is 0.0613 e. The number of nitrogens with one attached hydrogen (secondary N) is 1. The predicted octanol–water partition coefficient (Wildman–Crippen LogP) is 2.02. The first-order chi connectivity index (χ1) is 6.65. The molecule has 0 heterocycles. The van der Waals surface area contributed by atoms with Gasteiger partial charge in [-0.3, -0.25) is 0 Å². The number of likely N-dealkylation sites (N-methyl/N-ethyl adjacent to an activating group) is 1. The first-order valence-electron chi connectivity index (χ1n) is 5.61. The van der Waals surface area contributed by atoms with Crippen molar-refractivity contribution in [1.82, 2.24) is 5.32 Å². The van der Waals surface area contributed by atoms with Crippen LogP contribution in [0.5, 0.6) is 0 Å². The highest BCUT2D eigenvalue weighted by Gasteiger charge is 2.37. The smallest absolute Gasteiger partial charge is 0.0613 e. The van der Waals surface area contributed by atoms with E-state index in [0.717, 1.165) is 23.3 Å². The number of aliphatic hydroxyl groups excluding tert-OH is 1. The Labute approximate surface area is 91.9 Å². The number of rotatable bonds is 5. The fourth-order valence-electron chi connectivity index (χ4n) is 2.07. The molecular formula is C11H23NOS. The van der Waals surface area contributed by atoms with Crippen LogP contribution < -0.4 is 5.32 Å². The van der Waals surface area contributed by atoms with Gasteiger partial charge in [-0.25, -0.2) is 0 Å². The lowest BCUT2D eigenvalue weighted by Crippen LogP contribution is -2.44. The monoisotopic (exact) mass is 217 g/mol. The molecule has 1 aliphatic carbocycles. The zero-order valence-corrected chi connectivity index (χ0v) is 10.4. The summed E-state index contributed by atoms with van der Waals surface area (Å²) >= 11 is 2.09. The van der Waals surface area contributed by atoms with E-state index in [0.29, 0.717) is 0 Å². The molecule has 2 N–H and O–H groups in total. The van der Waals surface area contributed by atoms with E-state index in [-0.39, 0.29) is 12.1 Å². The van der Waals surface area contributed by atoms with Crippen molar-refractivity contribution < 1.29 is 5.11 Å². The Morgan fingerprint density at radius 3 is 2.79 bits per heavy atom. The Balaban J connectivity index is 2.40. The van der Waals surface area contributed by atoms with Gasteiger partial charge in [-0.15, -0.1) is 0 Å². The lowest BCUT2D eigenvalue weighted by Gasteiger charge is -2.26. The van der Waals surface area contributed by atoms with Gasteiger partial charge in [0.15, 0.2) is 0 Å². The molecule has 84 valence electrons. The maximum absolute atomic E-state index is 9.35. The van der Waals surface area contributed by atoms with Crippen LogP contribution >= 0.6 is 11.8 Å². The Hall–Kier alpha value is 0.270. The second kappa shape index (κ2) is 5.38. The van der Waals surface area contributed by atoms with E-state index in [1.54, 1.807) is 0 Å². The molecule has 0 spiro atoms. The standard InChI is InChI=1S/C11H23NOS/c1-4-9(2)14-10-5-6-11(7-10,8-13)12-3/h9-10,12-13H,4-8H2,1-3H3. The quantitative estimate of drug-likeness (QED) is 0.739. The van der Waals surface area contributed by atoms with Crippen LogP contribution in [-0.2, 0) is 0 Å². The van der Waals surface area contributed by atoms with Crippen LogP contribution in [-0.4, -0.2) is 34.8 Å². The average Bonchev–Trinajstić information content (AvgIpc) is 2.62. The average molecular weight is 217 g/mol. The third-order valence-corrected chi connectivity index (χ3v) is 4.98. The summed E-state index contributed by atoms with van der Waals surface area (Å²) in [4.78, 5) is 0. The van der Waals surface area contributed by atoms with Crippen molar-refractivity contribution >= 4 is 11.8 Å². The van der Waals surface area contributed by atoms with Gasteiger partial charge in [0.05, 0.1) is 6.61 Å². The lowest BCUT2D eigenvalue weighted by molar-refractivity contribution is 0.173. The molecule has 0 aliphatic heterocycles. The number of aliphatic hydroxyl groups is 1. The van der Waals surface area contributed by atoms with Crippen molar-refractivity contribution in [3.05, 3.63) is 0 Å². The first-order valence-corrected chi connectivity index (χ1v) is 6.55. The third-order valence-electron chi connectivity index (χ3n) is 3.40. The molecule has 3 atom stereocenters. The SMILES string of the molecule is CCC(C)SC1CCC(CO)(NC)C1. The molecule has 0 aromatic rings. The van der Waals surface area contributed by atoms with E-state index < -0.39 is 0 Å². The largest absolute Gasteiger partial charge is 0.394 e. The van der Waals surface area contributed by atoms with Crippen LogP contribution in [0.3, 0.4) is 0 Å². The molecule has 0 saturated heterocycles. The fourth-order valence-corrected chi connectivity index (χ4v) is 3.59. The molecule has 0 amide bonds. The summed E-state index contributed by atoms with van der Waals surface area (Å²) in [6.45, 7) is 4.81. The second-order valence-electron chi connectivity index (χ2n) is 4.41. The van der Waals surface area contributed by atoms with Crippen LogP contribution in [0.4, 0.5) is 0 Å². The van der Waals surface area contributed by atoms with Gasteiger partial charge < -0.3 is 10.4 Å².